The van der Waals surface area contributed by atoms with Gasteiger partial charge >= 0.3 is 0 Å². The van der Waals surface area contributed by atoms with Crippen LogP contribution in [-0.2, 0) is 0 Å². The molecule has 1 aromatic heterocycles. The summed E-state index contributed by atoms with van der Waals surface area (Å²) in [5.74, 6) is 4.35. The van der Waals surface area contributed by atoms with Crippen LogP contribution in [0.15, 0.2) is 4.52 Å². The molecule has 1 aliphatic heterocycles. The number of nitrogens with one attached hydrogen (secondary N) is 1. The minimum absolute atomic E-state index is 0.294. The van der Waals surface area contributed by atoms with Crippen molar-refractivity contribution in [3.8, 4) is 0 Å². The molecular weight excluding hydrogens is 278 g/mol. The average Bonchev–Trinajstić information content (AvgIpc) is 2.89. The Kier molecular flexibility index (Phi) is 5.59. The van der Waals surface area contributed by atoms with Gasteiger partial charge in [0.25, 0.3) is 0 Å². The predicted molar refractivity (Wildman–Crippen MR) is 83.0 cm³/mol. The molecule has 1 aromatic rings. The molecule has 4 atom stereocenters. The second-order valence-corrected chi connectivity index (χ2v) is 7.68. The summed E-state index contributed by atoms with van der Waals surface area (Å²) >= 11 is 3.95. The Labute approximate surface area is 123 Å². The Bertz CT molecular complexity index is 378. The maximum Gasteiger partial charge on any atom is 0.231 e. The van der Waals surface area contributed by atoms with Gasteiger partial charge in [-0.05, 0) is 20.4 Å². The summed E-state index contributed by atoms with van der Waals surface area (Å²) in [4.78, 5) is 4.67. The van der Waals surface area contributed by atoms with Gasteiger partial charge < -0.3 is 9.84 Å². The summed E-state index contributed by atoms with van der Waals surface area (Å²) in [6.07, 6.45) is 1.01. The molecule has 108 valence electrons. The van der Waals surface area contributed by atoms with E-state index in [1.165, 1.54) is 11.5 Å². The number of nitrogens with zero attached hydrogens (tertiary/aromatic N) is 2. The van der Waals surface area contributed by atoms with Crippen LogP contribution in [0, 0.1) is 0 Å². The molecule has 2 rings (SSSR count). The fourth-order valence-electron chi connectivity index (χ4n) is 2.37. The zero-order valence-corrected chi connectivity index (χ0v) is 13.7. The van der Waals surface area contributed by atoms with Crippen LogP contribution < -0.4 is 5.32 Å². The summed E-state index contributed by atoms with van der Waals surface area (Å²) < 4.78 is 5.52. The van der Waals surface area contributed by atoms with Gasteiger partial charge in [0.05, 0.1) is 11.2 Å². The monoisotopic (exact) mass is 301 g/mol. The van der Waals surface area contributed by atoms with Crippen LogP contribution in [-0.4, -0.2) is 40.0 Å². The summed E-state index contributed by atoms with van der Waals surface area (Å²) in [5, 5.41) is 8.44. The lowest BCUT2D eigenvalue weighted by atomic mass is 9.98. The number of hydrogen-bond donors (Lipinski definition) is 1. The van der Waals surface area contributed by atoms with Crippen molar-refractivity contribution in [3.05, 3.63) is 11.7 Å². The zero-order chi connectivity index (χ0) is 13.8. The summed E-state index contributed by atoms with van der Waals surface area (Å²) in [5.41, 5.74) is 0. The third-order valence-electron chi connectivity index (χ3n) is 3.72. The van der Waals surface area contributed by atoms with E-state index in [2.05, 4.69) is 36.2 Å². The van der Waals surface area contributed by atoms with Gasteiger partial charge in [0.1, 0.15) is 0 Å². The van der Waals surface area contributed by atoms with Gasteiger partial charge in [-0.1, -0.05) is 19.0 Å². The van der Waals surface area contributed by atoms with Crippen LogP contribution in [0.3, 0.4) is 0 Å². The maximum absolute atomic E-state index is 5.52. The van der Waals surface area contributed by atoms with Crippen LogP contribution in [0.2, 0.25) is 0 Å². The number of rotatable bonds is 5. The van der Waals surface area contributed by atoms with Crippen molar-refractivity contribution in [1.82, 2.24) is 15.5 Å². The third-order valence-corrected chi connectivity index (χ3v) is 6.80. The maximum atomic E-state index is 5.52. The van der Waals surface area contributed by atoms with Crippen molar-refractivity contribution in [2.24, 2.45) is 0 Å². The topological polar surface area (TPSA) is 51.0 Å². The Hall–Kier alpha value is -0.200. The fraction of sp³-hybridized carbons (Fsp3) is 0.846. The van der Waals surface area contributed by atoms with Crippen LogP contribution in [0.4, 0.5) is 0 Å². The van der Waals surface area contributed by atoms with Crippen LogP contribution >= 0.6 is 23.5 Å². The molecule has 6 heteroatoms. The van der Waals surface area contributed by atoms with E-state index in [4.69, 9.17) is 4.52 Å². The van der Waals surface area contributed by atoms with Gasteiger partial charge in [-0.15, -0.1) is 11.8 Å². The molecule has 1 N–H and O–H groups in total. The largest absolute Gasteiger partial charge is 0.339 e. The smallest absolute Gasteiger partial charge is 0.231 e. The molecule has 0 aromatic carbocycles. The van der Waals surface area contributed by atoms with Crippen molar-refractivity contribution in [1.29, 1.82) is 0 Å². The summed E-state index contributed by atoms with van der Waals surface area (Å²) in [7, 11) is 1.97. The second-order valence-electron chi connectivity index (χ2n) is 4.95. The lowest BCUT2D eigenvalue weighted by molar-refractivity contribution is 0.319. The minimum atomic E-state index is 0.294. The second kappa shape index (κ2) is 6.99. The molecule has 0 spiro atoms. The van der Waals surface area contributed by atoms with Crippen molar-refractivity contribution < 1.29 is 4.52 Å². The van der Waals surface area contributed by atoms with Gasteiger partial charge in [0, 0.05) is 22.8 Å². The quantitative estimate of drug-likeness (QED) is 0.902. The van der Waals surface area contributed by atoms with Crippen molar-refractivity contribution in [2.75, 3.05) is 18.6 Å². The molecule has 0 saturated carbocycles. The van der Waals surface area contributed by atoms with Crippen LogP contribution in [0.5, 0.6) is 0 Å². The number of hydrogen-bond acceptors (Lipinski definition) is 6. The van der Waals surface area contributed by atoms with E-state index in [0.717, 1.165) is 18.1 Å². The summed E-state index contributed by atoms with van der Waals surface area (Å²) in [6.45, 7) is 6.58. The van der Waals surface area contributed by atoms with E-state index >= 15 is 0 Å². The molecule has 19 heavy (non-hydrogen) atoms. The van der Waals surface area contributed by atoms with Crippen LogP contribution in [0.1, 0.15) is 50.1 Å². The molecule has 0 aliphatic carbocycles. The fourth-order valence-corrected chi connectivity index (χ4v) is 5.05. The Balaban J connectivity index is 2.13. The minimum Gasteiger partial charge on any atom is -0.339 e. The lowest BCUT2D eigenvalue weighted by Crippen LogP contribution is -2.28. The number of aromatic nitrogens is 2. The highest BCUT2D eigenvalue weighted by Crippen LogP contribution is 2.41. The third kappa shape index (κ3) is 3.47. The first-order valence-corrected chi connectivity index (χ1v) is 9.01. The molecule has 1 fully saturated rings. The number of likely N-dealkylation sites (N-methyl/N-ethyl adjacent to an activating group) is 1. The Morgan fingerprint density at radius 2 is 2.16 bits per heavy atom. The standard InChI is InChI=1S/C13H23N3OS2/c1-5-10(8(2)14-4)13-15-12(16-17-13)11-9(3)18-6-7-19-11/h8-11,14H,5-7H2,1-4H3. The number of thioether (sulfide) groups is 2. The predicted octanol–water partition coefficient (Wildman–Crippen LogP) is 3.08. The highest BCUT2D eigenvalue weighted by molar-refractivity contribution is 8.06. The summed E-state index contributed by atoms with van der Waals surface area (Å²) in [6, 6.07) is 0.351. The van der Waals surface area contributed by atoms with Crippen LogP contribution in [0.25, 0.3) is 0 Å². The highest BCUT2D eigenvalue weighted by atomic mass is 32.2. The molecule has 0 radical (unpaired) electrons. The molecule has 2 heterocycles. The van der Waals surface area contributed by atoms with E-state index in [1.54, 1.807) is 0 Å². The molecule has 0 bridgehead atoms. The van der Waals surface area contributed by atoms with E-state index in [0.29, 0.717) is 22.5 Å². The van der Waals surface area contributed by atoms with Crippen molar-refractivity contribution in [3.63, 3.8) is 0 Å². The molecule has 1 saturated heterocycles. The molecule has 4 nitrogen and oxygen atoms in total. The Morgan fingerprint density at radius 3 is 2.79 bits per heavy atom. The first kappa shape index (κ1) is 15.2. The van der Waals surface area contributed by atoms with Crippen molar-refractivity contribution in [2.45, 2.75) is 49.7 Å². The van der Waals surface area contributed by atoms with E-state index < -0.39 is 0 Å². The molecule has 1 aliphatic rings. The SMILES string of the molecule is CCC(c1nc(C2SCCSC2C)no1)C(C)NC. The zero-order valence-electron chi connectivity index (χ0n) is 12.0. The van der Waals surface area contributed by atoms with Gasteiger partial charge in [-0.3, -0.25) is 0 Å². The van der Waals surface area contributed by atoms with Gasteiger partial charge in [-0.2, -0.15) is 16.7 Å². The van der Waals surface area contributed by atoms with E-state index in [-0.39, 0.29) is 0 Å². The van der Waals surface area contributed by atoms with Gasteiger partial charge in [-0.25, -0.2) is 0 Å². The van der Waals surface area contributed by atoms with E-state index in [9.17, 15) is 0 Å². The first-order valence-electron chi connectivity index (χ1n) is 6.91. The van der Waals surface area contributed by atoms with Gasteiger partial charge in [0.15, 0.2) is 5.82 Å². The normalized spacial score (nSPS) is 27.2. The molecule has 4 unspecified atom stereocenters. The highest BCUT2D eigenvalue weighted by Gasteiger charge is 2.30. The lowest BCUT2D eigenvalue weighted by Gasteiger charge is -2.25. The van der Waals surface area contributed by atoms with E-state index in [1.807, 2.05) is 30.6 Å². The molecular formula is C13H23N3OS2. The first-order chi connectivity index (χ1) is 9.17. The average molecular weight is 301 g/mol. The van der Waals surface area contributed by atoms with Crippen molar-refractivity contribution >= 4 is 23.5 Å². The van der Waals surface area contributed by atoms with Gasteiger partial charge in [0.2, 0.25) is 5.89 Å². The molecule has 0 amide bonds. The Morgan fingerprint density at radius 1 is 1.42 bits per heavy atom.